The second-order valence-corrected chi connectivity index (χ2v) is 7.37. The summed E-state index contributed by atoms with van der Waals surface area (Å²) < 4.78 is 7.35. The fourth-order valence-electron chi connectivity index (χ4n) is 4.10. The van der Waals surface area contributed by atoms with Crippen molar-refractivity contribution < 1.29 is 4.74 Å². The van der Waals surface area contributed by atoms with Crippen LogP contribution in [0.4, 0.5) is 0 Å². The van der Waals surface area contributed by atoms with Crippen LogP contribution in [0.15, 0.2) is 28.7 Å². The molecular formula is C17H25BrN2O. The molecule has 3 N–H and O–H groups in total. The first-order valence-electron chi connectivity index (χ1n) is 8.09. The van der Waals surface area contributed by atoms with Crippen molar-refractivity contribution in [1.29, 1.82) is 0 Å². The standard InChI is InChI=1S/C17H25BrN2O/c18-15-7-3-2-6-14(15)16(20-19)13-8-11-21-17(12-13)9-4-1-5-10-17/h2-3,6-7,13,16,20H,1,4-5,8-12,19H2. The molecule has 1 spiro atoms. The zero-order valence-corrected chi connectivity index (χ0v) is 14.1. The number of hydrogen-bond acceptors (Lipinski definition) is 3. The number of nitrogens with two attached hydrogens (primary N) is 1. The smallest absolute Gasteiger partial charge is 0.0686 e. The number of hydrazine groups is 1. The molecule has 0 aromatic heterocycles. The predicted molar refractivity (Wildman–Crippen MR) is 88.7 cm³/mol. The summed E-state index contributed by atoms with van der Waals surface area (Å²) in [5.41, 5.74) is 4.45. The van der Waals surface area contributed by atoms with Crippen LogP contribution in [0.5, 0.6) is 0 Å². The van der Waals surface area contributed by atoms with E-state index in [1.165, 1.54) is 37.7 Å². The highest BCUT2D eigenvalue weighted by atomic mass is 79.9. The Morgan fingerprint density at radius 2 is 2.00 bits per heavy atom. The van der Waals surface area contributed by atoms with E-state index in [0.29, 0.717) is 5.92 Å². The second-order valence-electron chi connectivity index (χ2n) is 6.51. The van der Waals surface area contributed by atoms with E-state index in [2.05, 4.69) is 39.6 Å². The van der Waals surface area contributed by atoms with Crippen LogP contribution < -0.4 is 11.3 Å². The molecule has 3 rings (SSSR count). The maximum Gasteiger partial charge on any atom is 0.0686 e. The summed E-state index contributed by atoms with van der Waals surface area (Å²) in [7, 11) is 0. The Hall–Kier alpha value is -0.420. The second kappa shape index (κ2) is 6.78. The average molecular weight is 353 g/mol. The van der Waals surface area contributed by atoms with E-state index in [9.17, 15) is 0 Å². The molecule has 0 bridgehead atoms. The molecule has 2 fully saturated rings. The van der Waals surface area contributed by atoms with Crippen molar-refractivity contribution in [1.82, 2.24) is 5.43 Å². The Balaban J connectivity index is 1.79. The van der Waals surface area contributed by atoms with E-state index in [1.807, 2.05) is 6.07 Å². The number of ether oxygens (including phenoxy) is 1. The van der Waals surface area contributed by atoms with Crippen molar-refractivity contribution >= 4 is 15.9 Å². The fourth-order valence-corrected chi connectivity index (χ4v) is 4.63. The van der Waals surface area contributed by atoms with Crippen molar-refractivity contribution in [2.45, 2.75) is 56.6 Å². The van der Waals surface area contributed by atoms with E-state index in [-0.39, 0.29) is 11.6 Å². The van der Waals surface area contributed by atoms with Gasteiger partial charge in [-0.2, -0.15) is 0 Å². The molecule has 1 saturated heterocycles. The van der Waals surface area contributed by atoms with Gasteiger partial charge in [-0.15, -0.1) is 0 Å². The first-order chi connectivity index (χ1) is 10.2. The summed E-state index contributed by atoms with van der Waals surface area (Å²) in [6.07, 6.45) is 8.62. The van der Waals surface area contributed by atoms with Gasteiger partial charge in [-0.05, 0) is 43.2 Å². The van der Waals surface area contributed by atoms with Gasteiger partial charge in [0.15, 0.2) is 0 Å². The molecule has 1 saturated carbocycles. The Labute approximate surface area is 135 Å². The molecule has 1 aliphatic carbocycles. The molecule has 0 radical (unpaired) electrons. The van der Waals surface area contributed by atoms with Crippen molar-refractivity contribution in [2.75, 3.05) is 6.61 Å². The molecule has 1 aliphatic heterocycles. The van der Waals surface area contributed by atoms with Crippen LogP contribution in [-0.2, 0) is 4.74 Å². The maximum atomic E-state index is 6.22. The Morgan fingerprint density at radius 3 is 2.71 bits per heavy atom. The van der Waals surface area contributed by atoms with E-state index in [0.717, 1.165) is 23.9 Å². The van der Waals surface area contributed by atoms with Crippen LogP contribution in [0.25, 0.3) is 0 Å². The first-order valence-corrected chi connectivity index (χ1v) is 8.88. The van der Waals surface area contributed by atoms with Gasteiger partial charge in [0.1, 0.15) is 0 Å². The van der Waals surface area contributed by atoms with Gasteiger partial charge in [-0.3, -0.25) is 11.3 Å². The molecule has 4 heteroatoms. The van der Waals surface area contributed by atoms with Crippen molar-refractivity contribution in [2.24, 2.45) is 11.8 Å². The monoisotopic (exact) mass is 352 g/mol. The molecule has 3 nitrogen and oxygen atoms in total. The molecule has 1 aromatic carbocycles. The summed E-state index contributed by atoms with van der Waals surface area (Å²) in [5.74, 6) is 6.45. The molecule has 1 aromatic rings. The zero-order valence-electron chi connectivity index (χ0n) is 12.5. The highest BCUT2D eigenvalue weighted by molar-refractivity contribution is 9.10. The first kappa shape index (κ1) is 15.5. The molecule has 116 valence electrons. The van der Waals surface area contributed by atoms with Gasteiger partial charge in [-0.1, -0.05) is 53.4 Å². The number of benzene rings is 1. The van der Waals surface area contributed by atoms with Crippen molar-refractivity contribution in [3.8, 4) is 0 Å². The lowest BCUT2D eigenvalue weighted by Gasteiger charge is -2.45. The largest absolute Gasteiger partial charge is 0.375 e. The van der Waals surface area contributed by atoms with E-state index >= 15 is 0 Å². The van der Waals surface area contributed by atoms with Crippen LogP contribution in [0.1, 0.15) is 56.6 Å². The van der Waals surface area contributed by atoms with Crippen LogP contribution >= 0.6 is 15.9 Å². The minimum atomic E-state index is 0.123. The highest BCUT2D eigenvalue weighted by Gasteiger charge is 2.41. The third-order valence-corrected chi connectivity index (χ3v) is 5.91. The number of halogens is 1. The van der Waals surface area contributed by atoms with E-state index < -0.39 is 0 Å². The Morgan fingerprint density at radius 1 is 1.24 bits per heavy atom. The van der Waals surface area contributed by atoms with Gasteiger partial charge >= 0.3 is 0 Å². The zero-order chi connectivity index (χ0) is 14.7. The highest BCUT2D eigenvalue weighted by Crippen LogP contribution is 2.44. The van der Waals surface area contributed by atoms with Crippen LogP contribution in [0.3, 0.4) is 0 Å². The molecule has 0 amide bonds. The number of rotatable bonds is 3. The van der Waals surface area contributed by atoms with Crippen LogP contribution in [0.2, 0.25) is 0 Å². The Bertz CT molecular complexity index is 468. The molecule has 2 aliphatic rings. The van der Waals surface area contributed by atoms with E-state index in [1.54, 1.807) is 0 Å². The lowest BCUT2D eigenvalue weighted by Crippen LogP contribution is -2.46. The molecule has 1 heterocycles. The van der Waals surface area contributed by atoms with Crippen LogP contribution in [-0.4, -0.2) is 12.2 Å². The van der Waals surface area contributed by atoms with Gasteiger partial charge in [0.05, 0.1) is 11.6 Å². The molecular weight excluding hydrogens is 328 g/mol. The lowest BCUT2D eigenvalue weighted by molar-refractivity contribution is -0.122. The van der Waals surface area contributed by atoms with Gasteiger partial charge in [0, 0.05) is 11.1 Å². The third kappa shape index (κ3) is 3.34. The summed E-state index contributed by atoms with van der Waals surface area (Å²) >= 11 is 3.67. The molecule has 2 atom stereocenters. The Kier molecular flexibility index (Phi) is 4.99. The number of nitrogens with one attached hydrogen (secondary N) is 1. The van der Waals surface area contributed by atoms with Crippen LogP contribution in [0, 0.1) is 5.92 Å². The lowest BCUT2D eigenvalue weighted by atomic mass is 9.73. The molecule has 2 unspecified atom stereocenters. The maximum absolute atomic E-state index is 6.22. The predicted octanol–water partition coefficient (Wildman–Crippen LogP) is 4.08. The fraction of sp³-hybridized carbons (Fsp3) is 0.647. The van der Waals surface area contributed by atoms with Gasteiger partial charge in [0.25, 0.3) is 0 Å². The minimum Gasteiger partial charge on any atom is -0.375 e. The summed E-state index contributed by atoms with van der Waals surface area (Å²) in [6, 6.07) is 8.59. The SMILES string of the molecule is NNC(c1ccccc1Br)C1CCOC2(CCCCC2)C1. The normalized spacial score (nSPS) is 26.7. The molecule has 21 heavy (non-hydrogen) atoms. The van der Waals surface area contributed by atoms with Gasteiger partial charge in [0.2, 0.25) is 0 Å². The topological polar surface area (TPSA) is 47.3 Å². The summed E-state index contributed by atoms with van der Waals surface area (Å²) in [6.45, 7) is 0.868. The minimum absolute atomic E-state index is 0.123. The van der Waals surface area contributed by atoms with E-state index in [4.69, 9.17) is 10.6 Å². The van der Waals surface area contributed by atoms with Crippen molar-refractivity contribution in [3.05, 3.63) is 34.3 Å². The van der Waals surface area contributed by atoms with Crippen molar-refractivity contribution in [3.63, 3.8) is 0 Å². The summed E-state index contributed by atoms with van der Waals surface area (Å²) in [4.78, 5) is 0. The van der Waals surface area contributed by atoms with Gasteiger partial charge in [-0.25, -0.2) is 0 Å². The third-order valence-electron chi connectivity index (χ3n) is 5.19. The quantitative estimate of drug-likeness (QED) is 0.636. The average Bonchev–Trinajstić information content (AvgIpc) is 2.51. The summed E-state index contributed by atoms with van der Waals surface area (Å²) in [5, 5.41) is 0. The number of hydrogen-bond donors (Lipinski definition) is 2. The van der Waals surface area contributed by atoms with Gasteiger partial charge < -0.3 is 4.74 Å².